The average Bonchev–Trinajstić information content (AvgIpc) is 2.83. The van der Waals surface area contributed by atoms with E-state index in [2.05, 4.69) is 27.3 Å². The molecule has 1 aromatic rings. The topological polar surface area (TPSA) is 54.2 Å². The van der Waals surface area contributed by atoms with Crippen molar-refractivity contribution in [3.63, 3.8) is 0 Å². The SMILES string of the molecule is CCN1CCC(NCCc2ncon2)CC1. The van der Waals surface area contributed by atoms with Crippen LogP contribution >= 0.6 is 0 Å². The van der Waals surface area contributed by atoms with Crippen LogP contribution in [0.25, 0.3) is 0 Å². The summed E-state index contributed by atoms with van der Waals surface area (Å²) in [5.74, 6) is 0.790. The molecule has 1 fully saturated rings. The first-order valence-corrected chi connectivity index (χ1v) is 6.09. The second-order valence-electron chi connectivity index (χ2n) is 4.26. The van der Waals surface area contributed by atoms with Crippen LogP contribution in [0.3, 0.4) is 0 Å². The molecule has 0 aliphatic carbocycles. The molecule has 90 valence electrons. The highest BCUT2D eigenvalue weighted by Crippen LogP contribution is 2.09. The van der Waals surface area contributed by atoms with E-state index in [0.717, 1.165) is 18.8 Å². The van der Waals surface area contributed by atoms with Crippen LogP contribution in [0.1, 0.15) is 25.6 Å². The first-order valence-electron chi connectivity index (χ1n) is 6.09. The summed E-state index contributed by atoms with van der Waals surface area (Å²) in [4.78, 5) is 6.50. The largest absolute Gasteiger partial charge is 0.343 e. The number of nitrogens with one attached hydrogen (secondary N) is 1. The molecule has 2 heterocycles. The molecule has 0 spiro atoms. The number of hydrogen-bond acceptors (Lipinski definition) is 5. The van der Waals surface area contributed by atoms with Gasteiger partial charge in [0, 0.05) is 19.0 Å². The molecular formula is C11H20N4O. The Morgan fingerprint density at radius 2 is 2.31 bits per heavy atom. The van der Waals surface area contributed by atoms with E-state index in [1.807, 2.05) is 0 Å². The highest BCUT2D eigenvalue weighted by Gasteiger charge is 2.17. The van der Waals surface area contributed by atoms with Crippen molar-refractivity contribution >= 4 is 0 Å². The highest BCUT2D eigenvalue weighted by molar-refractivity contribution is 4.81. The van der Waals surface area contributed by atoms with Crippen LogP contribution < -0.4 is 5.32 Å². The molecule has 1 aromatic heterocycles. The van der Waals surface area contributed by atoms with Crippen LogP contribution in [0.15, 0.2) is 10.9 Å². The van der Waals surface area contributed by atoms with Crippen molar-refractivity contribution in [2.24, 2.45) is 0 Å². The molecule has 16 heavy (non-hydrogen) atoms. The smallest absolute Gasteiger partial charge is 0.213 e. The number of hydrogen-bond donors (Lipinski definition) is 1. The molecule has 5 heteroatoms. The summed E-state index contributed by atoms with van der Waals surface area (Å²) in [5.41, 5.74) is 0. The summed E-state index contributed by atoms with van der Waals surface area (Å²) in [5, 5.41) is 7.35. The lowest BCUT2D eigenvalue weighted by Gasteiger charge is -2.31. The lowest BCUT2D eigenvalue weighted by atomic mass is 10.1. The first-order chi connectivity index (χ1) is 7.88. The minimum absolute atomic E-state index is 0.662. The van der Waals surface area contributed by atoms with Gasteiger partial charge in [-0.1, -0.05) is 12.1 Å². The maximum atomic E-state index is 4.69. The minimum Gasteiger partial charge on any atom is -0.343 e. The molecule has 0 amide bonds. The van der Waals surface area contributed by atoms with Gasteiger partial charge in [-0.05, 0) is 32.5 Å². The molecular weight excluding hydrogens is 204 g/mol. The van der Waals surface area contributed by atoms with Crippen LogP contribution in [-0.2, 0) is 6.42 Å². The maximum absolute atomic E-state index is 4.69. The zero-order valence-corrected chi connectivity index (χ0v) is 9.85. The van der Waals surface area contributed by atoms with E-state index in [9.17, 15) is 0 Å². The number of aromatic nitrogens is 2. The fourth-order valence-corrected chi connectivity index (χ4v) is 2.14. The molecule has 0 saturated carbocycles. The normalized spacial score (nSPS) is 19.1. The molecule has 1 saturated heterocycles. The van der Waals surface area contributed by atoms with Gasteiger partial charge in [0.2, 0.25) is 6.39 Å². The monoisotopic (exact) mass is 224 g/mol. The van der Waals surface area contributed by atoms with Crippen molar-refractivity contribution in [2.75, 3.05) is 26.2 Å². The van der Waals surface area contributed by atoms with Crippen molar-refractivity contribution in [2.45, 2.75) is 32.2 Å². The molecule has 0 radical (unpaired) electrons. The summed E-state index contributed by atoms with van der Waals surface area (Å²) < 4.78 is 4.69. The maximum Gasteiger partial charge on any atom is 0.213 e. The van der Waals surface area contributed by atoms with Gasteiger partial charge in [-0.3, -0.25) is 0 Å². The minimum atomic E-state index is 0.662. The fraction of sp³-hybridized carbons (Fsp3) is 0.818. The molecule has 0 unspecified atom stereocenters. The zero-order valence-electron chi connectivity index (χ0n) is 9.85. The van der Waals surface area contributed by atoms with E-state index >= 15 is 0 Å². The molecule has 0 bridgehead atoms. The second-order valence-corrected chi connectivity index (χ2v) is 4.26. The van der Waals surface area contributed by atoms with E-state index in [-0.39, 0.29) is 0 Å². The van der Waals surface area contributed by atoms with Gasteiger partial charge in [-0.2, -0.15) is 4.98 Å². The number of rotatable bonds is 5. The first kappa shape index (κ1) is 11.5. The zero-order chi connectivity index (χ0) is 11.2. The summed E-state index contributed by atoms with van der Waals surface area (Å²) in [7, 11) is 0. The van der Waals surface area contributed by atoms with Gasteiger partial charge >= 0.3 is 0 Å². The van der Waals surface area contributed by atoms with Crippen LogP contribution in [0, 0.1) is 0 Å². The van der Waals surface area contributed by atoms with E-state index in [1.54, 1.807) is 0 Å². The van der Waals surface area contributed by atoms with E-state index in [1.165, 1.54) is 38.9 Å². The molecule has 5 nitrogen and oxygen atoms in total. The van der Waals surface area contributed by atoms with Crippen molar-refractivity contribution < 1.29 is 4.52 Å². The van der Waals surface area contributed by atoms with Crippen molar-refractivity contribution in [3.8, 4) is 0 Å². The molecule has 1 aliphatic rings. The van der Waals surface area contributed by atoms with Crippen molar-refractivity contribution in [1.29, 1.82) is 0 Å². The number of nitrogens with zero attached hydrogens (tertiary/aromatic N) is 3. The van der Waals surface area contributed by atoms with Crippen molar-refractivity contribution in [1.82, 2.24) is 20.4 Å². The van der Waals surface area contributed by atoms with Gasteiger partial charge in [0.05, 0.1) is 0 Å². The van der Waals surface area contributed by atoms with Gasteiger partial charge in [0.15, 0.2) is 5.82 Å². The summed E-state index contributed by atoms with van der Waals surface area (Å²) >= 11 is 0. The molecule has 2 rings (SSSR count). The molecule has 0 atom stereocenters. The van der Waals surface area contributed by atoms with E-state index < -0.39 is 0 Å². The van der Waals surface area contributed by atoms with Gasteiger partial charge in [0.25, 0.3) is 0 Å². The van der Waals surface area contributed by atoms with E-state index in [4.69, 9.17) is 4.52 Å². The average molecular weight is 224 g/mol. The van der Waals surface area contributed by atoms with Gasteiger partial charge in [0.1, 0.15) is 0 Å². The predicted molar refractivity (Wildman–Crippen MR) is 61.1 cm³/mol. The van der Waals surface area contributed by atoms with E-state index in [0.29, 0.717) is 6.04 Å². The highest BCUT2D eigenvalue weighted by atomic mass is 16.5. The third-order valence-corrected chi connectivity index (χ3v) is 3.22. The van der Waals surface area contributed by atoms with Gasteiger partial charge in [-0.15, -0.1) is 0 Å². The van der Waals surface area contributed by atoms with Crippen LogP contribution in [-0.4, -0.2) is 47.3 Å². The third-order valence-electron chi connectivity index (χ3n) is 3.22. The number of likely N-dealkylation sites (tertiary alicyclic amines) is 1. The number of piperidine rings is 1. The van der Waals surface area contributed by atoms with Crippen LogP contribution in [0.5, 0.6) is 0 Å². The molecule has 1 N–H and O–H groups in total. The standard InChI is InChI=1S/C11H20N4O/c1-2-15-7-4-10(5-8-15)12-6-3-11-13-9-16-14-11/h9-10,12H,2-8H2,1H3. The fourth-order valence-electron chi connectivity index (χ4n) is 2.14. The Hall–Kier alpha value is -0.940. The van der Waals surface area contributed by atoms with Gasteiger partial charge in [-0.25, -0.2) is 0 Å². The Balaban J connectivity index is 1.60. The Labute approximate surface area is 96.2 Å². The van der Waals surface area contributed by atoms with Crippen LogP contribution in [0.2, 0.25) is 0 Å². The van der Waals surface area contributed by atoms with Crippen molar-refractivity contribution in [3.05, 3.63) is 12.2 Å². The molecule has 0 aromatic carbocycles. The lowest BCUT2D eigenvalue weighted by Crippen LogP contribution is -2.42. The Kier molecular flexibility index (Phi) is 4.30. The second kappa shape index (κ2) is 5.96. The van der Waals surface area contributed by atoms with Crippen LogP contribution in [0.4, 0.5) is 0 Å². The quantitative estimate of drug-likeness (QED) is 0.797. The molecule has 1 aliphatic heterocycles. The Morgan fingerprint density at radius 3 is 2.94 bits per heavy atom. The van der Waals surface area contributed by atoms with Gasteiger partial charge < -0.3 is 14.7 Å². The summed E-state index contributed by atoms with van der Waals surface area (Å²) in [6, 6.07) is 0.662. The Bertz CT molecular complexity index is 280. The summed E-state index contributed by atoms with van der Waals surface area (Å²) in [6.45, 7) is 6.78. The third kappa shape index (κ3) is 3.28. The lowest BCUT2D eigenvalue weighted by molar-refractivity contribution is 0.207. The Morgan fingerprint density at radius 1 is 1.50 bits per heavy atom. The summed E-state index contributed by atoms with van der Waals surface area (Å²) in [6.07, 6.45) is 4.74. The predicted octanol–water partition coefficient (Wildman–Crippen LogP) is 0.686.